The summed E-state index contributed by atoms with van der Waals surface area (Å²) in [6, 6.07) is 7.66. The smallest absolute Gasteiger partial charge is 0.224 e. The van der Waals surface area contributed by atoms with E-state index in [1.54, 1.807) is 7.11 Å². The van der Waals surface area contributed by atoms with Crippen molar-refractivity contribution in [3.63, 3.8) is 0 Å². The van der Waals surface area contributed by atoms with Crippen LogP contribution in [0.1, 0.15) is 23.7 Å². The zero-order valence-corrected chi connectivity index (χ0v) is 15.8. The number of rotatable bonds is 9. The highest BCUT2D eigenvalue weighted by atomic mass is 16.5. The molecular formula is C19H27N5O2. The lowest BCUT2D eigenvalue weighted by Crippen LogP contribution is -2.30. The van der Waals surface area contributed by atoms with Crippen molar-refractivity contribution in [3.8, 4) is 5.75 Å². The number of ether oxygens (including phenoxy) is 1. The number of carbonyl (C=O) groups excluding carboxylic acids is 1. The van der Waals surface area contributed by atoms with Crippen molar-refractivity contribution in [2.75, 3.05) is 37.4 Å². The highest BCUT2D eigenvalue weighted by Crippen LogP contribution is 2.18. The van der Waals surface area contributed by atoms with Crippen LogP contribution in [0.2, 0.25) is 0 Å². The van der Waals surface area contributed by atoms with E-state index in [1.807, 2.05) is 45.0 Å². The van der Waals surface area contributed by atoms with E-state index in [-0.39, 0.29) is 5.91 Å². The molecule has 26 heavy (non-hydrogen) atoms. The SMILES string of the molecule is CCNc1cc(C)nc(NCCNC(=O)Cc2ccc(OC)c(C)c2)n1. The lowest BCUT2D eigenvalue weighted by Gasteiger charge is -2.10. The summed E-state index contributed by atoms with van der Waals surface area (Å²) in [6.07, 6.45) is 0.344. The Morgan fingerprint density at radius 2 is 1.92 bits per heavy atom. The fourth-order valence-corrected chi connectivity index (χ4v) is 2.59. The van der Waals surface area contributed by atoms with Gasteiger partial charge < -0.3 is 20.7 Å². The van der Waals surface area contributed by atoms with Crippen LogP contribution in [0.3, 0.4) is 0 Å². The van der Waals surface area contributed by atoms with Crippen LogP contribution in [-0.2, 0) is 11.2 Å². The predicted molar refractivity (Wildman–Crippen MR) is 104 cm³/mol. The lowest BCUT2D eigenvalue weighted by atomic mass is 10.1. The van der Waals surface area contributed by atoms with Crippen molar-refractivity contribution >= 4 is 17.7 Å². The molecule has 0 unspecified atom stereocenters. The Kier molecular flexibility index (Phi) is 7.20. The molecule has 0 atom stereocenters. The van der Waals surface area contributed by atoms with Crippen molar-refractivity contribution in [2.24, 2.45) is 0 Å². The van der Waals surface area contributed by atoms with E-state index in [1.165, 1.54) is 0 Å². The maximum absolute atomic E-state index is 12.1. The average Bonchev–Trinajstić information content (AvgIpc) is 2.59. The second-order valence-electron chi connectivity index (χ2n) is 6.01. The van der Waals surface area contributed by atoms with E-state index in [4.69, 9.17) is 4.74 Å². The van der Waals surface area contributed by atoms with Gasteiger partial charge in [0.25, 0.3) is 0 Å². The van der Waals surface area contributed by atoms with Crippen molar-refractivity contribution in [1.29, 1.82) is 0 Å². The lowest BCUT2D eigenvalue weighted by molar-refractivity contribution is -0.120. The van der Waals surface area contributed by atoms with Gasteiger partial charge in [-0.1, -0.05) is 12.1 Å². The second-order valence-corrected chi connectivity index (χ2v) is 6.01. The third kappa shape index (κ3) is 5.91. The third-order valence-electron chi connectivity index (χ3n) is 3.77. The van der Waals surface area contributed by atoms with Gasteiger partial charge in [0.15, 0.2) is 0 Å². The number of anilines is 2. The predicted octanol–water partition coefficient (Wildman–Crippen LogP) is 2.30. The molecule has 0 radical (unpaired) electrons. The fourth-order valence-electron chi connectivity index (χ4n) is 2.59. The van der Waals surface area contributed by atoms with E-state index in [9.17, 15) is 4.79 Å². The van der Waals surface area contributed by atoms with Crippen LogP contribution in [0.4, 0.5) is 11.8 Å². The Balaban J connectivity index is 1.77. The molecule has 0 aliphatic heterocycles. The average molecular weight is 357 g/mol. The van der Waals surface area contributed by atoms with Crippen molar-refractivity contribution < 1.29 is 9.53 Å². The molecule has 140 valence electrons. The molecule has 7 nitrogen and oxygen atoms in total. The van der Waals surface area contributed by atoms with Crippen LogP contribution in [-0.4, -0.2) is 42.6 Å². The largest absolute Gasteiger partial charge is 0.496 e. The minimum absolute atomic E-state index is 0.0186. The normalized spacial score (nSPS) is 10.3. The number of amides is 1. The number of nitrogens with zero attached hydrogens (tertiary/aromatic N) is 2. The first-order valence-corrected chi connectivity index (χ1v) is 8.75. The van der Waals surface area contributed by atoms with Crippen LogP contribution in [0.15, 0.2) is 24.3 Å². The summed E-state index contributed by atoms with van der Waals surface area (Å²) in [5.41, 5.74) is 2.87. The summed E-state index contributed by atoms with van der Waals surface area (Å²) in [5, 5.41) is 9.20. The van der Waals surface area contributed by atoms with Gasteiger partial charge in [-0.3, -0.25) is 4.79 Å². The molecule has 0 aliphatic carbocycles. The number of nitrogens with one attached hydrogen (secondary N) is 3. The molecule has 0 saturated heterocycles. The van der Waals surface area contributed by atoms with Gasteiger partial charge in [0.05, 0.1) is 13.5 Å². The van der Waals surface area contributed by atoms with Crippen LogP contribution in [0, 0.1) is 13.8 Å². The zero-order valence-electron chi connectivity index (χ0n) is 15.8. The standard InChI is InChI=1S/C19H27N5O2/c1-5-20-17-11-14(3)23-19(24-17)22-9-8-21-18(25)12-15-6-7-16(26-4)13(2)10-15/h6-7,10-11H,5,8-9,12H2,1-4H3,(H,21,25)(H2,20,22,23,24). The Morgan fingerprint density at radius 1 is 1.12 bits per heavy atom. The van der Waals surface area contributed by atoms with Crippen molar-refractivity contribution in [2.45, 2.75) is 27.2 Å². The van der Waals surface area contributed by atoms with Crippen LogP contribution < -0.4 is 20.7 Å². The summed E-state index contributed by atoms with van der Waals surface area (Å²) in [7, 11) is 1.64. The summed E-state index contributed by atoms with van der Waals surface area (Å²) >= 11 is 0. The number of methoxy groups -OCH3 is 1. The summed E-state index contributed by atoms with van der Waals surface area (Å²) in [6.45, 7) is 7.77. The molecule has 0 aliphatic rings. The summed E-state index contributed by atoms with van der Waals surface area (Å²) < 4.78 is 5.23. The molecule has 2 aromatic rings. The van der Waals surface area contributed by atoms with Gasteiger partial charge in [-0.2, -0.15) is 4.98 Å². The quantitative estimate of drug-likeness (QED) is 0.597. The molecule has 0 fully saturated rings. The van der Waals surface area contributed by atoms with E-state index in [2.05, 4.69) is 25.9 Å². The summed E-state index contributed by atoms with van der Waals surface area (Å²) in [4.78, 5) is 20.8. The van der Waals surface area contributed by atoms with E-state index >= 15 is 0 Å². The van der Waals surface area contributed by atoms with Gasteiger partial charge in [-0.25, -0.2) is 4.98 Å². The highest BCUT2D eigenvalue weighted by molar-refractivity contribution is 5.78. The number of hydrogen-bond donors (Lipinski definition) is 3. The first kappa shape index (κ1) is 19.5. The molecular weight excluding hydrogens is 330 g/mol. The Labute approximate surface area is 154 Å². The maximum atomic E-state index is 12.1. The fraction of sp³-hybridized carbons (Fsp3) is 0.421. The monoisotopic (exact) mass is 357 g/mol. The Bertz CT molecular complexity index is 749. The molecule has 0 bridgehead atoms. The molecule has 2 rings (SSSR count). The van der Waals surface area contributed by atoms with Crippen LogP contribution in [0.5, 0.6) is 5.75 Å². The highest BCUT2D eigenvalue weighted by Gasteiger charge is 2.06. The minimum Gasteiger partial charge on any atom is -0.496 e. The third-order valence-corrected chi connectivity index (χ3v) is 3.77. The van der Waals surface area contributed by atoms with Gasteiger partial charge in [-0.05, 0) is 38.0 Å². The number of hydrogen-bond acceptors (Lipinski definition) is 6. The minimum atomic E-state index is -0.0186. The van der Waals surface area contributed by atoms with E-state index in [0.29, 0.717) is 25.5 Å². The van der Waals surface area contributed by atoms with Crippen molar-refractivity contribution in [1.82, 2.24) is 15.3 Å². The van der Waals surface area contributed by atoms with Crippen molar-refractivity contribution in [3.05, 3.63) is 41.1 Å². The zero-order chi connectivity index (χ0) is 18.9. The first-order valence-electron chi connectivity index (χ1n) is 8.75. The Morgan fingerprint density at radius 3 is 2.62 bits per heavy atom. The van der Waals surface area contributed by atoms with Gasteiger partial charge in [-0.15, -0.1) is 0 Å². The molecule has 7 heteroatoms. The number of benzene rings is 1. The molecule has 0 spiro atoms. The molecule has 1 aromatic carbocycles. The topological polar surface area (TPSA) is 88.2 Å². The van der Waals surface area contributed by atoms with Gasteiger partial charge in [0.1, 0.15) is 11.6 Å². The molecule has 0 saturated carbocycles. The molecule has 1 aromatic heterocycles. The van der Waals surface area contributed by atoms with Gasteiger partial charge >= 0.3 is 0 Å². The van der Waals surface area contributed by atoms with E-state index < -0.39 is 0 Å². The first-order chi connectivity index (χ1) is 12.5. The molecule has 1 heterocycles. The van der Waals surface area contributed by atoms with Gasteiger partial charge in [0, 0.05) is 31.4 Å². The number of aromatic nitrogens is 2. The summed E-state index contributed by atoms with van der Waals surface area (Å²) in [5.74, 6) is 2.16. The van der Waals surface area contributed by atoms with Gasteiger partial charge in [0.2, 0.25) is 11.9 Å². The number of aryl methyl sites for hydroxylation is 2. The second kappa shape index (κ2) is 9.60. The molecule has 1 amide bonds. The number of carbonyl (C=O) groups is 1. The molecule has 3 N–H and O–H groups in total. The van der Waals surface area contributed by atoms with Crippen LogP contribution >= 0.6 is 0 Å². The Hall–Kier alpha value is -2.83. The van der Waals surface area contributed by atoms with Crippen LogP contribution in [0.25, 0.3) is 0 Å². The maximum Gasteiger partial charge on any atom is 0.224 e. The van der Waals surface area contributed by atoms with E-state index in [0.717, 1.165) is 34.9 Å².